The van der Waals surface area contributed by atoms with Crippen LogP contribution in [0.5, 0.6) is 0 Å². The SMILES string of the molecule is CN(Cc1ccco1)C(=O)CN(CCO)CC(F)F. The smallest absolute Gasteiger partial charge is 0.251 e. The molecule has 1 heterocycles. The molecule has 0 aliphatic heterocycles. The Kier molecular flexibility index (Phi) is 6.44. The van der Waals surface area contributed by atoms with Gasteiger partial charge in [0.15, 0.2) is 0 Å². The highest BCUT2D eigenvalue weighted by atomic mass is 19.3. The Morgan fingerprint density at radius 3 is 2.79 bits per heavy atom. The summed E-state index contributed by atoms with van der Waals surface area (Å²) >= 11 is 0. The van der Waals surface area contributed by atoms with Gasteiger partial charge in [0.05, 0.1) is 32.5 Å². The van der Waals surface area contributed by atoms with Crippen LogP contribution in [0.4, 0.5) is 8.78 Å². The van der Waals surface area contributed by atoms with Crippen LogP contribution < -0.4 is 0 Å². The van der Waals surface area contributed by atoms with Gasteiger partial charge in [0.25, 0.3) is 6.43 Å². The highest BCUT2D eigenvalue weighted by molar-refractivity contribution is 5.77. The molecule has 19 heavy (non-hydrogen) atoms. The molecule has 0 atom stereocenters. The minimum absolute atomic E-state index is 0.0463. The molecular weight excluding hydrogens is 258 g/mol. The largest absolute Gasteiger partial charge is 0.467 e. The second-order valence-electron chi connectivity index (χ2n) is 4.18. The van der Waals surface area contributed by atoms with E-state index in [0.717, 1.165) is 0 Å². The van der Waals surface area contributed by atoms with Gasteiger partial charge in [0, 0.05) is 13.6 Å². The number of aliphatic hydroxyl groups is 1. The summed E-state index contributed by atoms with van der Waals surface area (Å²) in [6.07, 6.45) is -1.03. The number of rotatable bonds is 8. The Hall–Kier alpha value is -1.47. The molecule has 0 aliphatic carbocycles. The summed E-state index contributed by atoms with van der Waals surface area (Å²) in [5.41, 5.74) is 0. The van der Waals surface area contributed by atoms with Crippen LogP contribution in [0.1, 0.15) is 5.76 Å². The summed E-state index contributed by atoms with van der Waals surface area (Å²) in [4.78, 5) is 14.5. The molecule has 0 radical (unpaired) electrons. The van der Waals surface area contributed by atoms with Crippen molar-refractivity contribution >= 4 is 5.91 Å². The van der Waals surface area contributed by atoms with Crippen molar-refractivity contribution in [2.24, 2.45) is 0 Å². The molecule has 0 aromatic carbocycles. The predicted molar refractivity (Wildman–Crippen MR) is 64.7 cm³/mol. The third-order valence-corrected chi connectivity index (χ3v) is 2.57. The molecule has 1 N–H and O–H groups in total. The van der Waals surface area contributed by atoms with E-state index in [1.807, 2.05) is 0 Å². The number of amides is 1. The van der Waals surface area contributed by atoms with E-state index in [1.165, 1.54) is 16.1 Å². The second kappa shape index (κ2) is 7.85. The molecule has 0 bridgehead atoms. The van der Waals surface area contributed by atoms with Gasteiger partial charge in [-0.05, 0) is 12.1 Å². The van der Waals surface area contributed by atoms with Gasteiger partial charge in [0.1, 0.15) is 5.76 Å². The first-order valence-electron chi connectivity index (χ1n) is 5.90. The molecule has 0 saturated heterocycles. The first-order chi connectivity index (χ1) is 9.02. The van der Waals surface area contributed by atoms with Crippen molar-refractivity contribution in [1.82, 2.24) is 9.80 Å². The number of carbonyl (C=O) groups excluding carboxylic acids is 1. The molecule has 0 aliphatic rings. The maximum absolute atomic E-state index is 12.3. The van der Waals surface area contributed by atoms with Crippen LogP contribution in [-0.2, 0) is 11.3 Å². The van der Waals surface area contributed by atoms with Crippen molar-refractivity contribution in [2.75, 3.05) is 33.3 Å². The molecule has 0 unspecified atom stereocenters. The van der Waals surface area contributed by atoms with E-state index >= 15 is 0 Å². The molecule has 5 nitrogen and oxygen atoms in total. The van der Waals surface area contributed by atoms with E-state index in [9.17, 15) is 13.6 Å². The summed E-state index contributed by atoms with van der Waals surface area (Å²) in [7, 11) is 1.57. The molecule has 0 saturated carbocycles. The predicted octanol–water partition coefficient (Wildman–Crippen LogP) is 0.797. The normalized spacial score (nSPS) is 11.3. The highest BCUT2D eigenvalue weighted by Gasteiger charge is 2.18. The van der Waals surface area contributed by atoms with Gasteiger partial charge in [-0.25, -0.2) is 8.78 Å². The van der Waals surface area contributed by atoms with Crippen LogP contribution in [0, 0.1) is 0 Å². The Bertz CT molecular complexity index is 371. The molecule has 108 valence electrons. The van der Waals surface area contributed by atoms with E-state index in [4.69, 9.17) is 9.52 Å². The van der Waals surface area contributed by atoms with Gasteiger partial charge >= 0.3 is 0 Å². The Labute approximate surface area is 110 Å². The van der Waals surface area contributed by atoms with Crippen LogP contribution in [0.25, 0.3) is 0 Å². The van der Waals surface area contributed by atoms with Crippen molar-refractivity contribution in [3.05, 3.63) is 24.2 Å². The zero-order valence-electron chi connectivity index (χ0n) is 10.8. The number of nitrogens with zero attached hydrogens (tertiary/aromatic N) is 2. The van der Waals surface area contributed by atoms with Crippen molar-refractivity contribution in [3.8, 4) is 0 Å². The van der Waals surface area contributed by atoms with Crippen LogP contribution in [0.15, 0.2) is 22.8 Å². The summed E-state index contributed by atoms with van der Waals surface area (Å²) in [6, 6.07) is 3.44. The molecule has 0 fully saturated rings. The fraction of sp³-hybridized carbons (Fsp3) is 0.583. The van der Waals surface area contributed by atoms with E-state index < -0.39 is 13.0 Å². The minimum Gasteiger partial charge on any atom is -0.467 e. The monoisotopic (exact) mass is 276 g/mol. The second-order valence-corrected chi connectivity index (χ2v) is 4.18. The maximum atomic E-state index is 12.3. The van der Waals surface area contributed by atoms with Crippen molar-refractivity contribution in [3.63, 3.8) is 0 Å². The standard InChI is InChI=1S/C12H18F2N2O3/c1-15(7-10-3-2-6-19-10)12(18)9-16(4-5-17)8-11(13)14/h2-3,6,11,17H,4-5,7-9H2,1H3. The van der Waals surface area contributed by atoms with Gasteiger partial charge < -0.3 is 14.4 Å². The van der Waals surface area contributed by atoms with Crippen molar-refractivity contribution in [2.45, 2.75) is 13.0 Å². The number of hydrogen-bond donors (Lipinski definition) is 1. The lowest BCUT2D eigenvalue weighted by Gasteiger charge is -2.23. The van der Waals surface area contributed by atoms with Gasteiger partial charge in [-0.2, -0.15) is 0 Å². The number of halogens is 2. The van der Waals surface area contributed by atoms with Crippen LogP contribution >= 0.6 is 0 Å². The highest BCUT2D eigenvalue weighted by Crippen LogP contribution is 2.05. The fourth-order valence-corrected chi connectivity index (χ4v) is 1.61. The van der Waals surface area contributed by atoms with Crippen molar-refractivity contribution < 1.29 is 23.1 Å². The first-order valence-corrected chi connectivity index (χ1v) is 5.90. The van der Waals surface area contributed by atoms with E-state index in [1.54, 1.807) is 19.2 Å². The average Bonchev–Trinajstić information content (AvgIpc) is 2.81. The number of alkyl halides is 2. The number of carbonyl (C=O) groups is 1. The third kappa shape index (κ3) is 5.80. The van der Waals surface area contributed by atoms with Gasteiger partial charge in [-0.3, -0.25) is 9.69 Å². The van der Waals surface area contributed by atoms with Crippen LogP contribution in [0.3, 0.4) is 0 Å². The van der Waals surface area contributed by atoms with Gasteiger partial charge in [-0.1, -0.05) is 0 Å². The molecule has 1 amide bonds. The number of furan rings is 1. The van der Waals surface area contributed by atoms with E-state index in [2.05, 4.69) is 0 Å². The summed E-state index contributed by atoms with van der Waals surface area (Å²) < 4.78 is 29.7. The summed E-state index contributed by atoms with van der Waals surface area (Å²) in [6.45, 7) is -0.608. The zero-order chi connectivity index (χ0) is 14.3. The lowest BCUT2D eigenvalue weighted by atomic mass is 10.3. The fourth-order valence-electron chi connectivity index (χ4n) is 1.61. The Morgan fingerprint density at radius 2 is 2.26 bits per heavy atom. The number of likely N-dealkylation sites (N-methyl/N-ethyl adjacent to an activating group) is 1. The van der Waals surface area contributed by atoms with E-state index in [-0.39, 0.29) is 32.1 Å². The van der Waals surface area contributed by atoms with Crippen molar-refractivity contribution in [1.29, 1.82) is 0 Å². The third-order valence-electron chi connectivity index (χ3n) is 2.57. The minimum atomic E-state index is -2.53. The number of hydrogen-bond acceptors (Lipinski definition) is 4. The Morgan fingerprint density at radius 1 is 1.53 bits per heavy atom. The lowest BCUT2D eigenvalue weighted by Crippen LogP contribution is -2.41. The van der Waals surface area contributed by atoms with E-state index in [0.29, 0.717) is 5.76 Å². The first kappa shape index (κ1) is 15.6. The molecule has 1 rings (SSSR count). The maximum Gasteiger partial charge on any atom is 0.251 e. The number of aliphatic hydroxyl groups excluding tert-OH is 1. The average molecular weight is 276 g/mol. The molecule has 1 aromatic rings. The van der Waals surface area contributed by atoms with Gasteiger partial charge in [-0.15, -0.1) is 0 Å². The zero-order valence-corrected chi connectivity index (χ0v) is 10.8. The Balaban J connectivity index is 2.46. The molecule has 0 spiro atoms. The van der Waals surface area contributed by atoms with Crippen LogP contribution in [0.2, 0.25) is 0 Å². The molecule has 1 aromatic heterocycles. The summed E-state index contributed by atoms with van der Waals surface area (Å²) in [5.74, 6) is 0.323. The topological polar surface area (TPSA) is 56.9 Å². The van der Waals surface area contributed by atoms with Gasteiger partial charge in [0.2, 0.25) is 5.91 Å². The van der Waals surface area contributed by atoms with Crippen LogP contribution in [-0.4, -0.2) is 60.5 Å². The lowest BCUT2D eigenvalue weighted by molar-refractivity contribution is -0.132. The summed E-state index contributed by atoms with van der Waals surface area (Å²) in [5, 5.41) is 8.78. The molecule has 7 heteroatoms. The molecular formula is C12H18F2N2O3. The quantitative estimate of drug-likeness (QED) is 0.763.